The molecule has 0 spiro atoms. The molecule has 0 bridgehead atoms. The van der Waals surface area contributed by atoms with Crippen molar-refractivity contribution in [3.63, 3.8) is 0 Å². The summed E-state index contributed by atoms with van der Waals surface area (Å²) in [5.74, 6) is 1.74. The van der Waals surface area contributed by atoms with Gasteiger partial charge in [0.25, 0.3) is 0 Å². The first kappa shape index (κ1) is 49.2. The van der Waals surface area contributed by atoms with E-state index in [4.69, 9.17) is 15.0 Å². The minimum Gasteiger partial charge on any atom is -0.278 e. The highest BCUT2D eigenvalue weighted by atomic mass is 28.3. The summed E-state index contributed by atoms with van der Waals surface area (Å²) in [5.41, 5.74) is 8.56. The second kappa shape index (κ2) is 21.3. The van der Waals surface area contributed by atoms with Crippen LogP contribution in [0.3, 0.4) is 0 Å². The Morgan fingerprint density at radius 2 is 0.506 bits per heavy atom. The Labute approximate surface area is 474 Å². The van der Waals surface area contributed by atoms with Crippen LogP contribution in [0.1, 0.15) is 0 Å². The summed E-state index contributed by atoms with van der Waals surface area (Å²) in [4.78, 5) is 16.8. The molecule has 382 valence electrons. The van der Waals surface area contributed by atoms with Gasteiger partial charge in [-0.05, 0) is 75.9 Å². The van der Waals surface area contributed by atoms with Crippen LogP contribution in [0.15, 0.2) is 328 Å². The maximum atomic E-state index is 5.73. The van der Waals surface area contributed by atoms with Crippen molar-refractivity contribution < 1.29 is 0 Å². The minimum absolute atomic E-state index is 0.554. The topological polar surface area (TPSA) is 43.6 Å². The third-order valence-corrected chi connectivity index (χ3v) is 25.6. The fourth-order valence-electron chi connectivity index (χ4n) is 12.5. The summed E-state index contributed by atoms with van der Waals surface area (Å²) in [5, 5.41) is 12.4. The smallest absolute Gasteiger partial charge is 0.238 e. The molecule has 0 aliphatic heterocycles. The molecule has 14 aromatic rings. The normalized spacial score (nSPS) is 11.7. The summed E-state index contributed by atoms with van der Waals surface area (Å²) in [7, 11) is -6.75. The molecule has 2 heterocycles. The van der Waals surface area contributed by atoms with Gasteiger partial charge in [-0.25, -0.2) is 4.98 Å². The Morgan fingerprint density at radius 1 is 0.210 bits per heavy atom. The zero-order valence-electron chi connectivity index (χ0n) is 44.5. The molecule has 4 nitrogen and oxygen atoms in total. The number of aromatic nitrogens is 4. The van der Waals surface area contributed by atoms with Crippen molar-refractivity contribution in [2.24, 2.45) is 0 Å². The molecule has 0 amide bonds. The molecule has 0 radical (unpaired) electrons. The summed E-state index contributed by atoms with van der Waals surface area (Å²) >= 11 is 0. The van der Waals surface area contributed by atoms with Gasteiger partial charge in [-0.3, -0.25) is 4.57 Å². The van der Waals surface area contributed by atoms with E-state index in [0.717, 1.165) is 32.9 Å². The zero-order valence-corrected chi connectivity index (χ0v) is 46.5. The SMILES string of the molecule is c1ccc(-c2cccc([Si](c3ccccc3)(c3ccccc3)c3cc(-c4nc(-c5ccccc5)nc(-n5c6ccccc6c6ccccc65)n4)cc([Si](c4ccccc4)(c4ccccc4)c4cccc(-c5ccccc5)c4)c3)c2)cc1. The van der Waals surface area contributed by atoms with E-state index < -0.39 is 16.1 Å². The van der Waals surface area contributed by atoms with Gasteiger partial charge in [0.15, 0.2) is 27.8 Å². The Balaban J connectivity index is 1.16. The Hall–Kier alpha value is -10.1. The second-order valence-corrected chi connectivity index (χ2v) is 28.3. The van der Waals surface area contributed by atoms with Crippen molar-refractivity contribution >= 4 is 79.4 Å². The van der Waals surface area contributed by atoms with Gasteiger partial charge in [0, 0.05) is 21.9 Å². The van der Waals surface area contributed by atoms with Crippen LogP contribution in [0.5, 0.6) is 0 Å². The van der Waals surface area contributed by atoms with Crippen LogP contribution in [-0.2, 0) is 0 Å². The van der Waals surface area contributed by atoms with Gasteiger partial charge in [-0.15, -0.1) is 0 Å². The zero-order chi connectivity index (χ0) is 54.0. The molecule has 2 aromatic heterocycles. The summed E-state index contributed by atoms with van der Waals surface area (Å²) < 4.78 is 2.22. The van der Waals surface area contributed by atoms with Crippen molar-refractivity contribution in [2.75, 3.05) is 0 Å². The van der Waals surface area contributed by atoms with E-state index in [2.05, 4.69) is 326 Å². The first-order chi connectivity index (χ1) is 40.2. The van der Waals surface area contributed by atoms with Crippen LogP contribution in [-0.4, -0.2) is 35.7 Å². The lowest BCUT2D eigenvalue weighted by Crippen LogP contribution is -2.78. The van der Waals surface area contributed by atoms with E-state index in [1.54, 1.807) is 0 Å². The molecule has 14 rings (SSSR count). The molecule has 81 heavy (non-hydrogen) atoms. The van der Waals surface area contributed by atoms with Gasteiger partial charge in [-0.2, -0.15) is 9.97 Å². The summed E-state index contributed by atoms with van der Waals surface area (Å²) in [6.07, 6.45) is 0. The first-order valence-corrected chi connectivity index (χ1v) is 31.7. The summed E-state index contributed by atoms with van der Waals surface area (Å²) in [6, 6.07) is 120. The molecule has 0 N–H and O–H groups in total. The van der Waals surface area contributed by atoms with Gasteiger partial charge in [0.1, 0.15) is 0 Å². The predicted molar refractivity (Wildman–Crippen MR) is 343 cm³/mol. The minimum atomic E-state index is -3.38. The van der Waals surface area contributed by atoms with Crippen LogP contribution in [0.25, 0.3) is 72.8 Å². The highest BCUT2D eigenvalue weighted by Gasteiger charge is 2.46. The number of nitrogens with zero attached hydrogens (tertiary/aromatic N) is 4. The van der Waals surface area contributed by atoms with Gasteiger partial charge in [-0.1, -0.05) is 315 Å². The van der Waals surface area contributed by atoms with Crippen LogP contribution >= 0.6 is 0 Å². The van der Waals surface area contributed by atoms with E-state index >= 15 is 0 Å². The van der Waals surface area contributed by atoms with Crippen molar-refractivity contribution in [2.45, 2.75) is 0 Å². The molecule has 0 saturated heterocycles. The quantitative estimate of drug-likeness (QED) is 0.0854. The number of hydrogen-bond donors (Lipinski definition) is 0. The van der Waals surface area contributed by atoms with E-state index in [1.165, 1.54) is 63.7 Å². The highest BCUT2D eigenvalue weighted by Crippen LogP contribution is 2.33. The number of para-hydroxylation sites is 2. The van der Waals surface area contributed by atoms with Crippen molar-refractivity contribution in [1.29, 1.82) is 0 Å². The lowest BCUT2D eigenvalue weighted by atomic mass is 10.1. The Bertz CT molecular complexity index is 4180. The molecule has 0 aliphatic rings. The molecule has 0 saturated carbocycles. The monoisotopic (exact) mass is 1070 g/mol. The molecular weight excluding hydrogens is 1010 g/mol. The summed E-state index contributed by atoms with van der Waals surface area (Å²) in [6.45, 7) is 0. The van der Waals surface area contributed by atoms with E-state index in [1.807, 2.05) is 6.07 Å². The maximum Gasteiger partial charge on any atom is 0.238 e. The molecule has 0 fully saturated rings. The third kappa shape index (κ3) is 8.75. The molecular formula is C75H54N4Si2. The molecule has 12 aromatic carbocycles. The predicted octanol–water partition coefficient (Wildman–Crippen LogP) is 12.4. The van der Waals surface area contributed by atoms with Crippen molar-refractivity contribution in [1.82, 2.24) is 19.5 Å². The number of fused-ring (bicyclic) bond motifs is 3. The highest BCUT2D eigenvalue weighted by molar-refractivity contribution is 7.22. The number of rotatable bonds is 13. The average molecular weight is 1070 g/mol. The second-order valence-electron chi connectivity index (χ2n) is 20.7. The lowest BCUT2D eigenvalue weighted by Gasteiger charge is -2.38. The van der Waals surface area contributed by atoms with Crippen LogP contribution < -0.4 is 41.5 Å². The number of hydrogen-bond acceptors (Lipinski definition) is 3. The maximum absolute atomic E-state index is 5.73. The largest absolute Gasteiger partial charge is 0.278 e. The molecule has 0 atom stereocenters. The third-order valence-electron chi connectivity index (χ3n) is 16.1. The van der Waals surface area contributed by atoms with E-state index in [-0.39, 0.29) is 0 Å². The number of benzene rings is 12. The van der Waals surface area contributed by atoms with Crippen LogP contribution in [0, 0.1) is 0 Å². The van der Waals surface area contributed by atoms with E-state index in [0.29, 0.717) is 17.6 Å². The van der Waals surface area contributed by atoms with Gasteiger partial charge < -0.3 is 0 Å². The Morgan fingerprint density at radius 3 is 0.901 bits per heavy atom. The first-order valence-electron chi connectivity index (χ1n) is 27.7. The fraction of sp³-hybridized carbons (Fsp3) is 0. The Kier molecular flexibility index (Phi) is 12.9. The standard InChI is InChI=1S/C75H54N4Si2/c1-8-28-55(29-9-1)58-34-26-44-65(50-58)80(61-36-14-4-15-37-61,62-38-16-5-17-39-62)67-52-60(74-76-73(57-32-12-3-13-33-57)77-75(78-74)79-71-48-24-22-46-69(71)70-47-23-25-49-72(70)79)53-68(54-67)81(63-40-18-6-19-41-63,64-42-20-7-21-43-64)66-45-27-35-59(51-66)56-30-10-2-11-31-56/h1-54H. The molecule has 0 unspecified atom stereocenters. The van der Waals surface area contributed by atoms with Gasteiger partial charge in [0.05, 0.1) is 11.0 Å². The van der Waals surface area contributed by atoms with Crippen LogP contribution in [0.4, 0.5) is 0 Å². The van der Waals surface area contributed by atoms with Crippen molar-refractivity contribution in [3.8, 4) is 51.0 Å². The lowest BCUT2D eigenvalue weighted by molar-refractivity contribution is 0.953. The molecule has 6 heteroatoms. The van der Waals surface area contributed by atoms with E-state index in [9.17, 15) is 0 Å². The van der Waals surface area contributed by atoms with Gasteiger partial charge >= 0.3 is 0 Å². The average Bonchev–Trinajstić information content (AvgIpc) is 4.05. The fourth-order valence-corrected chi connectivity index (χ4v) is 22.4. The van der Waals surface area contributed by atoms with Crippen molar-refractivity contribution in [3.05, 3.63) is 328 Å². The molecule has 0 aliphatic carbocycles. The van der Waals surface area contributed by atoms with Gasteiger partial charge in [0.2, 0.25) is 5.95 Å². The van der Waals surface area contributed by atoms with Crippen LogP contribution in [0.2, 0.25) is 0 Å².